The number of methoxy groups -OCH3 is 2. The molecule has 2 rings (SSSR count). The molecule has 0 heterocycles. The van der Waals surface area contributed by atoms with Gasteiger partial charge < -0.3 is 20.1 Å². The van der Waals surface area contributed by atoms with Crippen LogP contribution >= 0.6 is 0 Å². The van der Waals surface area contributed by atoms with Crippen molar-refractivity contribution >= 4 is 23.5 Å². The van der Waals surface area contributed by atoms with E-state index in [1.165, 1.54) is 7.11 Å². The van der Waals surface area contributed by atoms with Gasteiger partial charge in [0.05, 0.1) is 20.6 Å². The van der Waals surface area contributed by atoms with Crippen molar-refractivity contribution in [3.63, 3.8) is 0 Å². The predicted molar refractivity (Wildman–Crippen MR) is 105 cm³/mol. The zero-order valence-electron chi connectivity index (χ0n) is 16.0. The summed E-state index contributed by atoms with van der Waals surface area (Å²) < 4.78 is 9.57. The molecule has 0 aliphatic carbocycles. The monoisotopic (exact) mass is 384 g/mol. The largest absolute Gasteiger partial charge is 0.497 e. The Labute approximate surface area is 164 Å². The van der Waals surface area contributed by atoms with E-state index in [1.807, 2.05) is 24.3 Å². The Bertz CT molecular complexity index is 801. The van der Waals surface area contributed by atoms with E-state index in [9.17, 15) is 14.4 Å². The van der Waals surface area contributed by atoms with Crippen molar-refractivity contribution in [1.82, 2.24) is 5.32 Å². The Balaban J connectivity index is 1.76. The second-order valence-electron chi connectivity index (χ2n) is 6.12. The molecule has 2 aromatic rings. The summed E-state index contributed by atoms with van der Waals surface area (Å²) in [6, 6.07) is 14.6. The molecule has 28 heavy (non-hydrogen) atoms. The number of anilines is 1. The maximum absolute atomic E-state index is 12.1. The van der Waals surface area contributed by atoms with Crippen molar-refractivity contribution in [2.24, 2.45) is 0 Å². The quantitative estimate of drug-likeness (QED) is 0.646. The number of rotatable bonds is 9. The zero-order chi connectivity index (χ0) is 20.4. The van der Waals surface area contributed by atoms with E-state index in [2.05, 4.69) is 15.4 Å². The lowest BCUT2D eigenvalue weighted by molar-refractivity contribution is -0.141. The van der Waals surface area contributed by atoms with E-state index in [1.54, 1.807) is 31.4 Å². The van der Waals surface area contributed by atoms with Gasteiger partial charge in [-0.2, -0.15) is 0 Å². The van der Waals surface area contributed by atoms with Crippen LogP contribution in [0.2, 0.25) is 0 Å². The zero-order valence-corrected chi connectivity index (χ0v) is 16.0. The Kier molecular flexibility index (Phi) is 8.02. The topological polar surface area (TPSA) is 93.7 Å². The summed E-state index contributed by atoms with van der Waals surface area (Å²) in [7, 11) is 2.88. The van der Waals surface area contributed by atoms with E-state index < -0.39 is 5.97 Å². The maximum atomic E-state index is 12.1. The molecule has 148 valence electrons. The molecule has 7 heteroatoms. The lowest BCUT2D eigenvalue weighted by atomic mass is 10.1. The molecule has 0 unspecified atom stereocenters. The van der Waals surface area contributed by atoms with Gasteiger partial charge in [0.1, 0.15) is 12.3 Å². The SMILES string of the molecule is COC(=O)CNC(=O)Cc1ccc(NC(=O)CCc2ccc(OC)cc2)cc1. The van der Waals surface area contributed by atoms with Crippen molar-refractivity contribution in [3.05, 3.63) is 59.7 Å². The molecule has 0 aromatic heterocycles. The van der Waals surface area contributed by atoms with Crippen LogP contribution in [-0.4, -0.2) is 38.5 Å². The average Bonchev–Trinajstić information content (AvgIpc) is 2.72. The number of esters is 1. The second kappa shape index (κ2) is 10.7. The first kappa shape index (κ1) is 21.0. The Morgan fingerprint density at radius 1 is 0.857 bits per heavy atom. The van der Waals surface area contributed by atoms with E-state index in [4.69, 9.17) is 4.74 Å². The highest BCUT2D eigenvalue weighted by atomic mass is 16.5. The first-order valence-corrected chi connectivity index (χ1v) is 8.85. The molecule has 0 fully saturated rings. The molecule has 2 N–H and O–H groups in total. The number of benzene rings is 2. The highest BCUT2D eigenvalue weighted by molar-refractivity contribution is 5.91. The average molecular weight is 384 g/mol. The van der Waals surface area contributed by atoms with Gasteiger partial charge in [-0.05, 0) is 41.8 Å². The van der Waals surface area contributed by atoms with E-state index >= 15 is 0 Å². The molecule has 7 nitrogen and oxygen atoms in total. The van der Waals surface area contributed by atoms with E-state index in [-0.39, 0.29) is 24.8 Å². The van der Waals surface area contributed by atoms with Crippen LogP contribution in [0.3, 0.4) is 0 Å². The molecule has 0 bridgehead atoms. The molecule has 0 aliphatic heterocycles. The van der Waals surface area contributed by atoms with Gasteiger partial charge >= 0.3 is 5.97 Å². The molecule has 0 spiro atoms. The summed E-state index contributed by atoms with van der Waals surface area (Å²) in [5.41, 5.74) is 2.50. The van der Waals surface area contributed by atoms with E-state index in [0.717, 1.165) is 16.9 Å². The predicted octanol–water partition coefficient (Wildman–Crippen LogP) is 2.10. The first-order valence-electron chi connectivity index (χ1n) is 8.85. The molecular formula is C21H24N2O5. The summed E-state index contributed by atoms with van der Waals surface area (Å²) in [6.45, 7) is -0.155. The van der Waals surface area contributed by atoms with Crippen LogP contribution in [0, 0.1) is 0 Å². The number of carbonyl (C=O) groups excluding carboxylic acids is 3. The van der Waals surface area contributed by atoms with Crippen LogP contribution in [0.15, 0.2) is 48.5 Å². The van der Waals surface area contributed by atoms with Gasteiger partial charge in [-0.15, -0.1) is 0 Å². The van der Waals surface area contributed by atoms with Crippen LogP contribution in [0.25, 0.3) is 0 Å². The molecule has 2 amide bonds. The van der Waals surface area contributed by atoms with Crippen LogP contribution in [0.5, 0.6) is 5.75 Å². The maximum Gasteiger partial charge on any atom is 0.325 e. The third-order valence-electron chi connectivity index (χ3n) is 4.06. The fraction of sp³-hybridized carbons (Fsp3) is 0.286. The summed E-state index contributed by atoms with van der Waals surface area (Å²) >= 11 is 0. The number of hydrogen-bond acceptors (Lipinski definition) is 5. The molecule has 0 radical (unpaired) electrons. The van der Waals surface area contributed by atoms with Crippen molar-refractivity contribution in [3.8, 4) is 5.75 Å². The number of amides is 2. The van der Waals surface area contributed by atoms with Gasteiger partial charge in [-0.1, -0.05) is 24.3 Å². The van der Waals surface area contributed by atoms with E-state index in [0.29, 0.717) is 18.5 Å². The minimum absolute atomic E-state index is 0.0839. The fourth-order valence-electron chi connectivity index (χ4n) is 2.47. The lowest BCUT2D eigenvalue weighted by Crippen LogP contribution is -2.31. The summed E-state index contributed by atoms with van der Waals surface area (Å²) in [5, 5.41) is 5.31. The molecular weight excluding hydrogens is 360 g/mol. The summed E-state index contributed by atoms with van der Waals surface area (Å²) in [6.07, 6.45) is 1.14. The molecule has 0 aliphatic rings. The van der Waals surface area contributed by atoms with Crippen LogP contribution in [0.4, 0.5) is 5.69 Å². The van der Waals surface area contributed by atoms with Crippen molar-refractivity contribution in [1.29, 1.82) is 0 Å². The Morgan fingerprint density at radius 2 is 1.50 bits per heavy atom. The van der Waals surface area contributed by atoms with Crippen LogP contribution < -0.4 is 15.4 Å². The normalized spacial score (nSPS) is 10.1. The molecule has 2 aromatic carbocycles. The number of ether oxygens (including phenoxy) is 2. The van der Waals surface area contributed by atoms with Gasteiger partial charge in [0.15, 0.2) is 0 Å². The van der Waals surface area contributed by atoms with Gasteiger partial charge in [0.2, 0.25) is 11.8 Å². The van der Waals surface area contributed by atoms with Gasteiger partial charge in [-0.25, -0.2) is 0 Å². The van der Waals surface area contributed by atoms with Crippen LogP contribution in [0.1, 0.15) is 17.5 Å². The van der Waals surface area contributed by atoms with Crippen molar-refractivity contribution < 1.29 is 23.9 Å². The number of hydrogen-bond donors (Lipinski definition) is 2. The number of aryl methyl sites for hydroxylation is 1. The summed E-state index contributed by atoms with van der Waals surface area (Å²) in [5.74, 6) is -0.0746. The Morgan fingerprint density at radius 3 is 2.11 bits per heavy atom. The lowest BCUT2D eigenvalue weighted by Gasteiger charge is -2.08. The third kappa shape index (κ3) is 7.11. The van der Waals surface area contributed by atoms with Gasteiger partial charge in [-0.3, -0.25) is 14.4 Å². The molecule has 0 saturated carbocycles. The number of nitrogens with one attached hydrogen (secondary N) is 2. The highest BCUT2D eigenvalue weighted by Gasteiger charge is 2.07. The number of carbonyl (C=O) groups is 3. The van der Waals surface area contributed by atoms with Crippen LogP contribution in [-0.2, 0) is 32.0 Å². The van der Waals surface area contributed by atoms with Crippen molar-refractivity contribution in [2.45, 2.75) is 19.3 Å². The smallest absolute Gasteiger partial charge is 0.325 e. The fourth-order valence-corrected chi connectivity index (χ4v) is 2.47. The second-order valence-corrected chi connectivity index (χ2v) is 6.12. The van der Waals surface area contributed by atoms with Crippen molar-refractivity contribution in [2.75, 3.05) is 26.1 Å². The highest BCUT2D eigenvalue weighted by Crippen LogP contribution is 2.14. The summed E-state index contributed by atoms with van der Waals surface area (Å²) in [4.78, 5) is 34.9. The minimum atomic E-state index is -0.499. The van der Waals surface area contributed by atoms with Gasteiger partial charge in [0, 0.05) is 12.1 Å². The standard InChI is InChI=1S/C21H24N2O5/c1-27-18-10-5-15(6-11-18)7-12-19(24)23-17-8-3-16(4-9-17)13-20(25)22-14-21(26)28-2/h3-6,8-11H,7,12-14H2,1-2H3,(H,22,25)(H,23,24). The molecule has 0 saturated heterocycles. The Hall–Kier alpha value is -3.35. The van der Waals surface area contributed by atoms with Gasteiger partial charge in [0.25, 0.3) is 0 Å². The first-order chi connectivity index (χ1) is 13.5. The molecule has 0 atom stereocenters. The third-order valence-corrected chi connectivity index (χ3v) is 4.06. The minimum Gasteiger partial charge on any atom is -0.497 e.